The summed E-state index contributed by atoms with van der Waals surface area (Å²) in [5.41, 5.74) is 1.67. The van der Waals surface area contributed by atoms with Crippen molar-refractivity contribution in [1.29, 1.82) is 0 Å². The Bertz CT molecular complexity index is 820. The summed E-state index contributed by atoms with van der Waals surface area (Å²) in [4.78, 5) is 22.9. The molecule has 5 nitrogen and oxygen atoms in total. The quantitative estimate of drug-likeness (QED) is 0.671. The van der Waals surface area contributed by atoms with Crippen molar-refractivity contribution in [2.45, 2.75) is 13.8 Å². The number of carbonyl (C=O) groups is 2. The van der Waals surface area contributed by atoms with Crippen LogP contribution in [0.4, 0.5) is 0 Å². The molecule has 0 atom stereocenters. The lowest BCUT2D eigenvalue weighted by molar-refractivity contribution is -0.136. The summed E-state index contributed by atoms with van der Waals surface area (Å²) in [5, 5.41) is 19.6. The molecule has 1 heterocycles. The van der Waals surface area contributed by atoms with Gasteiger partial charge in [-0.3, -0.25) is 0 Å². The number of carboxylic acid groups (broad SMARTS) is 2. The number of allylic oxidation sites excluding steroid dienone is 1. The molecule has 22 heavy (non-hydrogen) atoms. The number of fused-ring (bicyclic) bond motifs is 1. The van der Waals surface area contributed by atoms with E-state index >= 15 is 0 Å². The van der Waals surface area contributed by atoms with Crippen LogP contribution in [-0.4, -0.2) is 26.7 Å². The second kappa shape index (κ2) is 5.89. The molecule has 114 valence electrons. The van der Waals surface area contributed by atoms with E-state index in [0.717, 1.165) is 10.9 Å². The van der Waals surface area contributed by atoms with Gasteiger partial charge in [-0.1, -0.05) is 23.8 Å². The number of aryl methyl sites for hydroxylation is 1. The minimum absolute atomic E-state index is 0.180. The van der Waals surface area contributed by atoms with Gasteiger partial charge in [-0.05, 0) is 26.0 Å². The average molecular weight is 299 g/mol. The fourth-order valence-corrected chi connectivity index (χ4v) is 2.48. The summed E-state index contributed by atoms with van der Waals surface area (Å²) in [6.07, 6.45) is 3.21. The molecule has 5 heteroatoms. The molecule has 0 radical (unpaired) electrons. The molecule has 1 aromatic carbocycles. The monoisotopic (exact) mass is 299 g/mol. The second-order valence-electron chi connectivity index (χ2n) is 5.26. The molecule has 2 N–H and O–H groups in total. The third-order valence-electron chi connectivity index (χ3n) is 3.44. The van der Waals surface area contributed by atoms with Crippen molar-refractivity contribution in [2.24, 2.45) is 7.05 Å². The Morgan fingerprint density at radius 2 is 1.73 bits per heavy atom. The second-order valence-corrected chi connectivity index (χ2v) is 5.26. The largest absolute Gasteiger partial charge is 0.478 e. The molecule has 0 saturated carbocycles. The lowest BCUT2D eigenvalue weighted by atomic mass is 9.99. The molecule has 0 spiro atoms. The first kappa shape index (κ1) is 15.6. The van der Waals surface area contributed by atoms with Crippen LogP contribution in [0.25, 0.3) is 17.0 Å². The van der Waals surface area contributed by atoms with E-state index in [1.807, 2.05) is 35.9 Å². The van der Waals surface area contributed by atoms with Gasteiger partial charge in [0.15, 0.2) is 0 Å². The van der Waals surface area contributed by atoms with E-state index in [1.165, 1.54) is 6.08 Å². The summed E-state index contributed by atoms with van der Waals surface area (Å²) < 4.78 is 1.88. The summed E-state index contributed by atoms with van der Waals surface area (Å²) in [7, 11) is 1.86. The fourth-order valence-electron chi connectivity index (χ4n) is 2.48. The molecule has 0 saturated heterocycles. The maximum atomic E-state index is 11.5. The van der Waals surface area contributed by atoms with Gasteiger partial charge >= 0.3 is 11.9 Å². The topological polar surface area (TPSA) is 79.5 Å². The van der Waals surface area contributed by atoms with Crippen molar-refractivity contribution < 1.29 is 19.8 Å². The van der Waals surface area contributed by atoms with Crippen molar-refractivity contribution in [3.8, 4) is 0 Å². The lowest BCUT2D eigenvalue weighted by Gasteiger charge is -2.06. The maximum absolute atomic E-state index is 11.5. The third kappa shape index (κ3) is 2.79. The number of carboxylic acids is 2. The highest BCUT2D eigenvalue weighted by molar-refractivity contribution is 6.10. The maximum Gasteiger partial charge on any atom is 0.336 e. The zero-order valence-electron chi connectivity index (χ0n) is 12.6. The van der Waals surface area contributed by atoms with E-state index in [0.29, 0.717) is 11.1 Å². The van der Waals surface area contributed by atoms with Gasteiger partial charge in [-0.15, -0.1) is 0 Å². The van der Waals surface area contributed by atoms with Crippen molar-refractivity contribution in [3.63, 3.8) is 0 Å². The fraction of sp³-hybridized carbons (Fsp3) is 0.176. The average Bonchev–Trinajstić information content (AvgIpc) is 2.74. The number of aliphatic carboxylic acids is 2. The number of nitrogens with zero attached hydrogens (tertiary/aromatic N) is 1. The van der Waals surface area contributed by atoms with E-state index in [-0.39, 0.29) is 11.1 Å². The van der Waals surface area contributed by atoms with E-state index in [9.17, 15) is 19.8 Å². The van der Waals surface area contributed by atoms with Crippen LogP contribution < -0.4 is 0 Å². The smallest absolute Gasteiger partial charge is 0.336 e. The van der Waals surface area contributed by atoms with Crippen LogP contribution in [0.3, 0.4) is 0 Å². The molecule has 0 aliphatic carbocycles. The number of hydrogen-bond acceptors (Lipinski definition) is 2. The Morgan fingerprint density at radius 3 is 2.27 bits per heavy atom. The summed E-state index contributed by atoms with van der Waals surface area (Å²) >= 11 is 0. The Kier molecular flexibility index (Phi) is 4.17. The minimum Gasteiger partial charge on any atom is -0.478 e. The van der Waals surface area contributed by atoms with Crippen molar-refractivity contribution in [1.82, 2.24) is 4.57 Å². The summed E-state index contributed by atoms with van der Waals surface area (Å²) in [5.74, 6) is -2.50. The predicted octanol–water partition coefficient (Wildman–Crippen LogP) is 3.07. The number of para-hydroxylation sites is 1. The van der Waals surface area contributed by atoms with Crippen LogP contribution in [0.1, 0.15) is 19.4 Å². The van der Waals surface area contributed by atoms with Crippen molar-refractivity contribution in [3.05, 3.63) is 52.7 Å². The standard InChI is InChI=1S/C17H17NO4/c1-10(2)15(17(21)22)13(16(19)20)8-11-9-18(3)14-7-5-4-6-12(11)14/h4-9H,1-3H3,(H,19,20)(H,21,22). The number of aromatic nitrogens is 1. The first-order chi connectivity index (χ1) is 10.3. The molecular weight excluding hydrogens is 282 g/mol. The van der Waals surface area contributed by atoms with Gasteiger partial charge in [0.05, 0.1) is 11.1 Å². The van der Waals surface area contributed by atoms with Crippen LogP contribution >= 0.6 is 0 Å². The molecule has 0 aliphatic heterocycles. The third-order valence-corrected chi connectivity index (χ3v) is 3.44. The van der Waals surface area contributed by atoms with Gasteiger partial charge in [-0.25, -0.2) is 9.59 Å². The lowest BCUT2D eigenvalue weighted by Crippen LogP contribution is -2.12. The van der Waals surface area contributed by atoms with Crippen LogP contribution in [0.15, 0.2) is 47.2 Å². The van der Waals surface area contributed by atoms with Gasteiger partial charge in [0.1, 0.15) is 0 Å². The molecule has 1 aromatic heterocycles. The van der Waals surface area contributed by atoms with Gasteiger partial charge in [0.2, 0.25) is 0 Å². The highest BCUT2D eigenvalue weighted by Crippen LogP contribution is 2.25. The first-order valence-corrected chi connectivity index (χ1v) is 6.73. The van der Waals surface area contributed by atoms with Crippen molar-refractivity contribution in [2.75, 3.05) is 0 Å². The van der Waals surface area contributed by atoms with E-state index in [4.69, 9.17) is 0 Å². The highest BCUT2D eigenvalue weighted by atomic mass is 16.4. The normalized spacial score (nSPS) is 11.5. The van der Waals surface area contributed by atoms with Gasteiger partial charge in [-0.2, -0.15) is 0 Å². The van der Waals surface area contributed by atoms with Crippen LogP contribution in [0.2, 0.25) is 0 Å². The van der Waals surface area contributed by atoms with Crippen LogP contribution in [0.5, 0.6) is 0 Å². The van der Waals surface area contributed by atoms with Gasteiger partial charge < -0.3 is 14.8 Å². The van der Waals surface area contributed by atoms with Crippen LogP contribution in [-0.2, 0) is 16.6 Å². The molecule has 2 aromatic rings. The zero-order chi connectivity index (χ0) is 16.4. The number of hydrogen-bond donors (Lipinski definition) is 2. The highest BCUT2D eigenvalue weighted by Gasteiger charge is 2.21. The Balaban J connectivity index is 2.72. The number of benzene rings is 1. The molecule has 2 rings (SSSR count). The SMILES string of the molecule is CC(C)=C(C(=O)O)C(=Cc1cn(C)c2ccccc12)C(=O)O. The van der Waals surface area contributed by atoms with E-state index < -0.39 is 11.9 Å². The Morgan fingerprint density at radius 1 is 1.09 bits per heavy atom. The summed E-state index contributed by atoms with van der Waals surface area (Å²) in [6, 6.07) is 7.56. The first-order valence-electron chi connectivity index (χ1n) is 6.73. The molecule has 0 amide bonds. The van der Waals surface area contributed by atoms with Crippen molar-refractivity contribution >= 4 is 28.9 Å². The van der Waals surface area contributed by atoms with E-state index in [1.54, 1.807) is 20.0 Å². The molecule has 0 bridgehead atoms. The van der Waals surface area contributed by atoms with Crippen LogP contribution in [0, 0.1) is 0 Å². The molecular formula is C17H17NO4. The van der Waals surface area contributed by atoms with Gasteiger partial charge in [0, 0.05) is 29.7 Å². The van der Waals surface area contributed by atoms with E-state index in [2.05, 4.69) is 0 Å². The minimum atomic E-state index is -1.26. The molecule has 0 unspecified atom stereocenters. The molecule has 0 fully saturated rings. The molecule has 0 aliphatic rings. The number of rotatable bonds is 4. The Hall–Kier alpha value is -2.82. The van der Waals surface area contributed by atoms with Gasteiger partial charge in [0.25, 0.3) is 0 Å². The predicted molar refractivity (Wildman–Crippen MR) is 84.5 cm³/mol. The summed E-state index contributed by atoms with van der Waals surface area (Å²) in [6.45, 7) is 3.17. The zero-order valence-corrected chi connectivity index (χ0v) is 12.6. The Labute approximate surface area is 127 Å².